The molecule has 3 heterocycles. The summed E-state index contributed by atoms with van der Waals surface area (Å²) in [4.78, 5) is 25.4. The van der Waals surface area contributed by atoms with Crippen LogP contribution >= 0.6 is 11.8 Å². The number of ether oxygens (including phenoxy) is 1. The zero-order valence-corrected chi connectivity index (χ0v) is 13.1. The average molecular weight is 308 g/mol. The first-order valence-corrected chi connectivity index (χ1v) is 8.45. The molecule has 0 radical (unpaired) electrons. The van der Waals surface area contributed by atoms with Gasteiger partial charge in [0.2, 0.25) is 0 Å². The number of nitrogens with zero attached hydrogens (tertiary/aromatic N) is 4. The lowest BCUT2D eigenvalue weighted by Gasteiger charge is -2.29. The van der Waals surface area contributed by atoms with Gasteiger partial charge in [0.05, 0.1) is 13.2 Å². The molecule has 0 N–H and O–H groups in total. The molecule has 0 unspecified atom stereocenters. The lowest BCUT2D eigenvalue weighted by atomic mass is 10.3. The SMILES string of the molecule is Cc1nc(C(=O)N2CCOCC2)cc(N2CCSCC2)n1. The number of rotatable bonds is 2. The lowest BCUT2D eigenvalue weighted by molar-refractivity contribution is 0.0299. The Morgan fingerprint density at radius 2 is 1.90 bits per heavy atom. The largest absolute Gasteiger partial charge is 0.378 e. The summed E-state index contributed by atoms with van der Waals surface area (Å²) >= 11 is 1.96. The lowest BCUT2D eigenvalue weighted by Crippen LogP contribution is -2.41. The molecule has 114 valence electrons. The zero-order valence-electron chi connectivity index (χ0n) is 12.2. The first-order chi connectivity index (χ1) is 10.2. The predicted octanol–water partition coefficient (Wildman–Crippen LogP) is 0.811. The van der Waals surface area contributed by atoms with E-state index < -0.39 is 0 Å². The highest BCUT2D eigenvalue weighted by atomic mass is 32.2. The van der Waals surface area contributed by atoms with Crippen molar-refractivity contribution in [3.8, 4) is 0 Å². The molecule has 1 amide bonds. The molecule has 2 aliphatic rings. The maximum atomic E-state index is 12.5. The standard InChI is InChI=1S/C14H20N4O2S/c1-11-15-12(14(19)18-2-6-20-7-3-18)10-13(16-11)17-4-8-21-9-5-17/h10H,2-9H2,1H3. The van der Waals surface area contributed by atoms with Gasteiger partial charge >= 0.3 is 0 Å². The minimum atomic E-state index is -0.0172. The van der Waals surface area contributed by atoms with Crippen molar-refractivity contribution in [3.05, 3.63) is 17.6 Å². The monoisotopic (exact) mass is 308 g/mol. The second-order valence-electron chi connectivity index (χ2n) is 5.16. The number of aromatic nitrogens is 2. The summed E-state index contributed by atoms with van der Waals surface area (Å²) in [6.07, 6.45) is 0. The molecule has 0 aromatic carbocycles. The number of hydrogen-bond acceptors (Lipinski definition) is 6. The first-order valence-electron chi connectivity index (χ1n) is 7.29. The summed E-state index contributed by atoms with van der Waals surface area (Å²) in [6.45, 7) is 6.28. The predicted molar refractivity (Wildman–Crippen MR) is 83.0 cm³/mol. The van der Waals surface area contributed by atoms with E-state index >= 15 is 0 Å². The highest BCUT2D eigenvalue weighted by Crippen LogP contribution is 2.19. The average Bonchev–Trinajstić information content (AvgIpc) is 2.55. The molecule has 0 spiro atoms. The van der Waals surface area contributed by atoms with Crippen molar-refractivity contribution < 1.29 is 9.53 Å². The van der Waals surface area contributed by atoms with Crippen molar-refractivity contribution in [1.29, 1.82) is 0 Å². The van der Waals surface area contributed by atoms with Gasteiger partial charge in [-0.25, -0.2) is 9.97 Å². The maximum absolute atomic E-state index is 12.5. The summed E-state index contributed by atoms with van der Waals surface area (Å²) in [7, 11) is 0. The van der Waals surface area contributed by atoms with Gasteiger partial charge in [0.15, 0.2) is 0 Å². The highest BCUT2D eigenvalue weighted by molar-refractivity contribution is 7.99. The van der Waals surface area contributed by atoms with E-state index in [0.29, 0.717) is 37.8 Å². The number of amides is 1. The van der Waals surface area contributed by atoms with Gasteiger partial charge in [-0.3, -0.25) is 4.79 Å². The molecule has 7 heteroatoms. The molecular formula is C14H20N4O2S. The maximum Gasteiger partial charge on any atom is 0.272 e. The van der Waals surface area contributed by atoms with Crippen LogP contribution in [0.4, 0.5) is 5.82 Å². The molecule has 0 aliphatic carbocycles. The number of carbonyl (C=O) groups excluding carboxylic acids is 1. The van der Waals surface area contributed by atoms with E-state index in [-0.39, 0.29) is 5.91 Å². The van der Waals surface area contributed by atoms with Crippen molar-refractivity contribution in [2.45, 2.75) is 6.92 Å². The number of thioether (sulfide) groups is 1. The summed E-state index contributed by atoms with van der Waals surface area (Å²) in [5.74, 6) is 3.73. The minimum absolute atomic E-state index is 0.0172. The number of carbonyl (C=O) groups is 1. The van der Waals surface area contributed by atoms with Crippen LogP contribution in [0.2, 0.25) is 0 Å². The molecule has 0 bridgehead atoms. The van der Waals surface area contributed by atoms with E-state index in [0.717, 1.165) is 30.4 Å². The van der Waals surface area contributed by atoms with Crippen LogP contribution in [0.1, 0.15) is 16.3 Å². The molecule has 2 fully saturated rings. The fourth-order valence-corrected chi connectivity index (χ4v) is 3.45. The van der Waals surface area contributed by atoms with Crippen LogP contribution in [0.3, 0.4) is 0 Å². The molecular weight excluding hydrogens is 288 g/mol. The third kappa shape index (κ3) is 3.47. The number of hydrogen-bond donors (Lipinski definition) is 0. The Morgan fingerprint density at radius 3 is 2.62 bits per heavy atom. The Labute approximate surface area is 128 Å². The second-order valence-corrected chi connectivity index (χ2v) is 6.39. The molecule has 1 aromatic heterocycles. The van der Waals surface area contributed by atoms with Crippen molar-refractivity contribution in [1.82, 2.24) is 14.9 Å². The fourth-order valence-electron chi connectivity index (χ4n) is 2.54. The Kier molecular flexibility index (Phi) is 4.60. The minimum Gasteiger partial charge on any atom is -0.378 e. The second kappa shape index (κ2) is 6.62. The van der Waals surface area contributed by atoms with Gasteiger partial charge < -0.3 is 14.5 Å². The Hall–Kier alpha value is -1.34. The Morgan fingerprint density at radius 1 is 1.19 bits per heavy atom. The van der Waals surface area contributed by atoms with Gasteiger partial charge in [-0.1, -0.05) is 0 Å². The van der Waals surface area contributed by atoms with Crippen molar-refractivity contribution in [3.63, 3.8) is 0 Å². The van der Waals surface area contributed by atoms with Crippen LogP contribution in [0.15, 0.2) is 6.07 Å². The zero-order chi connectivity index (χ0) is 14.7. The number of morpholine rings is 1. The molecule has 21 heavy (non-hydrogen) atoms. The van der Waals surface area contributed by atoms with E-state index in [1.807, 2.05) is 24.8 Å². The van der Waals surface area contributed by atoms with Crippen LogP contribution in [0, 0.1) is 6.92 Å². The van der Waals surface area contributed by atoms with Crippen molar-refractivity contribution >= 4 is 23.5 Å². The van der Waals surface area contributed by atoms with E-state index in [2.05, 4.69) is 14.9 Å². The van der Waals surface area contributed by atoms with E-state index in [9.17, 15) is 4.79 Å². The van der Waals surface area contributed by atoms with Crippen LogP contribution in [0.25, 0.3) is 0 Å². The quantitative estimate of drug-likeness (QED) is 0.806. The molecule has 2 aliphatic heterocycles. The third-order valence-corrected chi connectivity index (χ3v) is 4.62. The fraction of sp³-hybridized carbons (Fsp3) is 0.643. The molecule has 1 aromatic rings. The molecule has 0 saturated carbocycles. The van der Waals surface area contributed by atoms with E-state index in [1.54, 1.807) is 4.90 Å². The number of aryl methyl sites for hydroxylation is 1. The van der Waals surface area contributed by atoms with Gasteiger partial charge in [-0.2, -0.15) is 11.8 Å². The van der Waals surface area contributed by atoms with Crippen molar-refractivity contribution in [2.75, 3.05) is 55.8 Å². The summed E-state index contributed by atoms with van der Waals surface area (Å²) in [5.41, 5.74) is 0.498. The molecule has 0 atom stereocenters. The first kappa shape index (κ1) is 14.6. The van der Waals surface area contributed by atoms with Crippen LogP contribution < -0.4 is 4.90 Å². The van der Waals surface area contributed by atoms with Crippen molar-refractivity contribution in [2.24, 2.45) is 0 Å². The van der Waals surface area contributed by atoms with Gasteiger partial charge in [0.1, 0.15) is 17.3 Å². The van der Waals surface area contributed by atoms with Crippen LogP contribution in [0.5, 0.6) is 0 Å². The molecule has 3 rings (SSSR count). The number of anilines is 1. The normalized spacial score (nSPS) is 19.7. The highest BCUT2D eigenvalue weighted by Gasteiger charge is 2.22. The molecule has 2 saturated heterocycles. The molecule has 6 nitrogen and oxygen atoms in total. The van der Waals surface area contributed by atoms with Gasteiger partial charge in [-0.05, 0) is 6.92 Å². The third-order valence-electron chi connectivity index (χ3n) is 3.68. The van der Waals surface area contributed by atoms with E-state index in [1.165, 1.54) is 0 Å². The van der Waals surface area contributed by atoms with Crippen LogP contribution in [-0.4, -0.2) is 71.7 Å². The van der Waals surface area contributed by atoms with Gasteiger partial charge in [0.25, 0.3) is 5.91 Å². The van der Waals surface area contributed by atoms with Gasteiger partial charge in [-0.15, -0.1) is 0 Å². The summed E-state index contributed by atoms with van der Waals surface area (Å²) in [5, 5.41) is 0. The topological polar surface area (TPSA) is 58.6 Å². The Balaban J connectivity index is 1.81. The Bertz CT molecular complexity index is 514. The smallest absolute Gasteiger partial charge is 0.272 e. The summed E-state index contributed by atoms with van der Waals surface area (Å²) in [6, 6.07) is 1.83. The van der Waals surface area contributed by atoms with Gasteiger partial charge in [0, 0.05) is 43.8 Å². The van der Waals surface area contributed by atoms with E-state index in [4.69, 9.17) is 4.74 Å². The summed E-state index contributed by atoms with van der Waals surface area (Å²) < 4.78 is 5.29. The van der Waals surface area contributed by atoms with Crippen LogP contribution in [-0.2, 0) is 4.74 Å².